The molecule has 0 aliphatic heterocycles. The van der Waals surface area contributed by atoms with Crippen LogP contribution in [0.3, 0.4) is 0 Å². The number of hydrogen-bond acceptors (Lipinski definition) is 2. The summed E-state index contributed by atoms with van der Waals surface area (Å²) in [5, 5.41) is 9.43. The Morgan fingerprint density at radius 2 is 2.23 bits per heavy atom. The topological polar surface area (TPSA) is 37.5 Å². The summed E-state index contributed by atoms with van der Waals surface area (Å²) in [6.45, 7) is 4.20. The molecule has 0 bridgehead atoms. The third-order valence-electron chi connectivity index (χ3n) is 2.16. The van der Waals surface area contributed by atoms with Crippen LogP contribution in [0.4, 0.5) is 0 Å². The van der Waals surface area contributed by atoms with E-state index in [1.807, 2.05) is 10.6 Å². The van der Waals surface area contributed by atoms with E-state index in [1.165, 1.54) is 0 Å². The first-order valence-corrected chi connectivity index (χ1v) is 4.33. The molecule has 0 spiro atoms. The zero-order chi connectivity index (χ0) is 9.42. The van der Waals surface area contributed by atoms with Gasteiger partial charge in [-0.15, -0.1) is 0 Å². The van der Waals surface area contributed by atoms with Gasteiger partial charge in [-0.2, -0.15) is 0 Å². The van der Waals surface area contributed by atoms with Gasteiger partial charge in [-0.3, -0.25) is 0 Å². The Labute approximate surface area is 76.7 Å². The van der Waals surface area contributed by atoms with Crippen LogP contribution >= 0.6 is 0 Å². The van der Waals surface area contributed by atoms with Crippen LogP contribution in [0.25, 0.3) is 5.52 Å². The van der Waals surface area contributed by atoms with Crippen molar-refractivity contribution in [3.8, 4) is 5.75 Å². The van der Waals surface area contributed by atoms with Crippen molar-refractivity contribution >= 4 is 5.52 Å². The average Bonchev–Trinajstić information content (AvgIpc) is 2.49. The van der Waals surface area contributed by atoms with Crippen molar-refractivity contribution in [2.75, 3.05) is 0 Å². The maximum Gasteiger partial charge on any atom is 0.132 e. The maximum atomic E-state index is 9.43. The standard InChI is InChI=1S/C10H12N2O/c1-7(2)9-3-8(13)5-12-6-11-4-10(9)12/h3-7,13H,1-2H3. The fourth-order valence-corrected chi connectivity index (χ4v) is 1.51. The number of pyridine rings is 1. The van der Waals surface area contributed by atoms with E-state index in [9.17, 15) is 5.11 Å². The molecule has 13 heavy (non-hydrogen) atoms. The third kappa shape index (κ3) is 1.26. The van der Waals surface area contributed by atoms with Crippen molar-refractivity contribution in [1.29, 1.82) is 0 Å². The molecule has 2 heterocycles. The largest absolute Gasteiger partial charge is 0.506 e. The van der Waals surface area contributed by atoms with Crippen LogP contribution in [0.1, 0.15) is 25.3 Å². The molecule has 0 aliphatic rings. The molecular formula is C10H12N2O. The van der Waals surface area contributed by atoms with Crippen LogP contribution in [0.2, 0.25) is 0 Å². The molecule has 68 valence electrons. The first-order chi connectivity index (χ1) is 6.18. The Bertz CT molecular complexity index is 431. The van der Waals surface area contributed by atoms with Gasteiger partial charge in [0, 0.05) is 0 Å². The molecule has 3 nitrogen and oxygen atoms in total. The van der Waals surface area contributed by atoms with E-state index in [0.29, 0.717) is 5.92 Å². The van der Waals surface area contributed by atoms with Gasteiger partial charge in [0.15, 0.2) is 0 Å². The summed E-state index contributed by atoms with van der Waals surface area (Å²) in [6.07, 6.45) is 5.17. The van der Waals surface area contributed by atoms with Gasteiger partial charge in [-0.05, 0) is 17.5 Å². The van der Waals surface area contributed by atoms with E-state index < -0.39 is 0 Å². The van der Waals surface area contributed by atoms with Crippen LogP contribution < -0.4 is 0 Å². The van der Waals surface area contributed by atoms with Crippen molar-refractivity contribution in [3.63, 3.8) is 0 Å². The van der Waals surface area contributed by atoms with E-state index in [4.69, 9.17) is 0 Å². The summed E-state index contributed by atoms with van der Waals surface area (Å²) in [4.78, 5) is 4.04. The highest BCUT2D eigenvalue weighted by atomic mass is 16.3. The van der Waals surface area contributed by atoms with Gasteiger partial charge in [-0.1, -0.05) is 13.8 Å². The summed E-state index contributed by atoms with van der Waals surface area (Å²) in [7, 11) is 0. The molecule has 0 fully saturated rings. The molecule has 1 N–H and O–H groups in total. The second kappa shape index (κ2) is 2.76. The van der Waals surface area contributed by atoms with Crippen LogP contribution in [0, 0.1) is 0 Å². The quantitative estimate of drug-likeness (QED) is 0.723. The second-order valence-corrected chi connectivity index (χ2v) is 3.49. The normalized spacial score (nSPS) is 11.3. The maximum absolute atomic E-state index is 9.43. The van der Waals surface area contributed by atoms with Gasteiger partial charge in [-0.25, -0.2) is 4.98 Å². The van der Waals surface area contributed by atoms with E-state index in [2.05, 4.69) is 18.8 Å². The Hall–Kier alpha value is -1.51. The second-order valence-electron chi connectivity index (χ2n) is 3.49. The summed E-state index contributed by atoms with van der Waals surface area (Å²) < 4.78 is 1.84. The smallest absolute Gasteiger partial charge is 0.132 e. The lowest BCUT2D eigenvalue weighted by molar-refractivity contribution is 0.470. The van der Waals surface area contributed by atoms with Gasteiger partial charge in [0.25, 0.3) is 0 Å². The van der Waals surface area contributed by atoms with Crippen molar-refractivity contribution < 1.29 is 5.11 Å². The van der Waals surface area contributed by atoms with E-state index in [1.54, 1.807) is 18.6 Å². The highest BCUT2D eigenvalue weighted by molar-refractivity contribution is 5.56. The number of imidazole rings is 1. The van der Waals surface area contributed by atoms with Gasteiger partial charge in [0.1, 0.15) is 5.75 Å². The number of fused-ring (bicyclic) bond motifs is 1. The van der Waals surface area contributed by atoms with Gasteiger partial charge in [0.05, 0.1) is 24.2 Å². The molecule has 0 aromatic carbocycles. The number of hydrogen-bond donors (Lipinski definition) is 1. The molecule has 0 aliphatic carbocycles. The lowest BCUT2D eigenvalue weighted by Gasteiger charge is -2.08. The van der Waals surface area contributed by atoms with E-state index >= 15 is 0 Å². The van der Waals surface area contributed by atoms with Crippen LogP contribution in [0.5, 0.6) is 5.75 Å². The summed E-state index contributed by atoms with van der Waals surface area (Å²) in [5.41, 5.74) is 2.19. The van der Waals surface area contributed by atoms with E-state index in [0.717, 1.165) is 11.1 Å². The summed E-state index contributed by atoms with van der Waals surface area (Å²) in [5.74, 6) is 0.681. The van der Waals surface area contributed by atoms with Crippen molar-refractivity contribution in [2.24, 2.45) is 0 Å². The van der Waals surface area contributed by atoms with Crippen LogP contribution in [-0.2, 0) is 0 Å². The molecule has 2 rings (SSSR count). The highest BCUT2D eigenvalue weighted by Crippen LogP contribution is 2.24. The number of rotatable bonds is 1. The minimum absolute atomic E-state index is 0.286. The van der Waals surface area contributed by atoms with Crippen LogP contribution in [0.15, 0.2) is 24.8 Å². The minimum atomic E-state index is 0.286. The molecule has 0 atom stereocenters. The monoisotopic (exact) mass is 176 g/mol. The molecule has 0 radical (unpaired) electrons. The van der Waals surface area contributed by atoms with Gasteiger partial charge < -0.3 is 9.51 Å². The SMILES string of the molecule is CC(C)c1cc(O)cn2cncc12. The molecule has 2 aromatic rings. The van der Waals surface area contributed by atoms with Gasteiger partial charge in [0.2, 0.25) is 0 Å². The number of nitrogens with zero attached hydrogens (tertiary/aromatic N) is 2. The zero-order valence-corrected chi connectivity index (χ0v) is 7.73. The Balaban J connectivity index is 2.77. The number of aromatic hydroxyl groups is 1. The predicted octanol–water partition coefficient (Wildman–Crippen LogP) is 2.16. The first-order valence-electron chi connectivity index (χ1n) is 4.33. The first kappa shape index (κ1) is 8.10. The van der Waals surface area contributed by atoms with Crippen molar-refractivity contribution in [3.05, 3.63) is 30.4 Å². The number of aromatic nitrogens is 2. The van der Waals surface area contributed by atoms with Gasteiger partial charge >= 0.3 is 0 Å². The molecule has 2 aromatic heterocycles. The Morgan fingerprint density at radius 1 is 1.46 bits per heavy atom. The fourth-order valence-electron chi connectivity index (χ4n) is 1.51. The minimum Gasteiger partial charge on any atom is -0.506 e. The molecular weight excluding hydrogens is 164 g/mol. The average molecular weight is 176 g/mol. The summed E-state index contributed by atoms with van der Waals surface area (Å²) in [6, 6.07) is 1.79. The third-order valence-corrected chi connectivity index (χ3v) is 2.16. The Morgan fingerprint density at radius 3 is 2.92 bits per heavy atom. The summed E-state index contributed by atoms with van der Waals surface area (Å²) >= 11 is 0. The molecule has 3 heteroatoms. The lowest BCUT2D eigenvalue weighted by Crippen LogP contribution is -1.92. The van der Waals surface area contributed by atoms with E-state index in [-0.39, 0.29) is 5.75 Å². The highest BCUT2D eigenvalue weighted by Gasteiger charge is 2.07. The van der Waals surface area contributed by atoms with Crippen molar-refractivity contribution in [1.82, 2.24) is 9.38 Å². The lowest BCUT2D eigenvalue weighted by atomic mass is 10.0. The zero-order valence-electron chi connectivity index (χ0n) is 7.73. The Kier molecular flexibility index (Phi) is 1.72. The molecule has 0 saturated carbocycles. The molecule has 0 amide bonds. The molecule has 0 saturated heterocycles. The van der Waals surface area contributed by atoms with Crippen LogP contribution in [-0.4, -0.2) is 14.5 Å². The predicted molar refractivity (Wildman–Crippen MR) is 50.9 cm³/mol. The fraction of sp³-hybridized carbons (Fsp3) is 0.300. The molecule has 0 unspecified atom stereocenters. The van der Waals surface area contributed by atoms with Crippen molar-refractivity contribution in [2.45, 2.75) is 19.8 Å².